The van der Waals surface area contributed by atoms with Gasteiger partial charge >= 0.3 is 24.1 Å². The second-order valence-corrected chi connectivity index (χ2v) is 18.5. The lowest BCUT2D eigenvalue weighted by Gasteiger charge is -2.38. The molecule has 14 heteroatoms. The highest BCUT2D eigenvalue weighted by atomic mass is 79.9. The highest BCUT2D eigenvalue weighted by Crippen LogP contribution is 2.38. The van der Waals surface area contributed by atoms with E-state index in [-0.39, 0.29) is 36.2 Å². The highest BCUT2D eigenvalue weighted by Gasteiger charge is 2.35. The maximum atomic E-state index is 12.9. The van der Waals surface area contributed by atoms with Crippen molar-refractivity contribution in [1.82, 2.24) is 19.8 Å². The summed E-state index contributed by atoms with van der Waals surface area (Å²) >= 11 is 7.08. The molecule has 0 bridgehead atoms. The molecule has 2 aromatic carbocycles. The summed E-state index contributed by atoms with van der Waals surface area (Å²) in [4.78, 5) is 62.0. The Balaban J connectivity index is 0.000000228. The molecule has 2 aliphatic heterocycles. The Bertz CT molecular complexity index is 2030. The molecular formula is C46H54Br2N4O8. The van der Waals surface area contributed by atoms with Crippen LogP contribution in [0.15, 0.2) is 82.3 Å². The molecule has 12 nitrogen and oxygen atoms in total. The SMILES string of the molecule is COC(=O)c1ccncc1CC[C@@H]1c2ccc(Br)cc2CCN1C(=O)OC(C)(C)C.COC(=O)c1ccncc1CC[C@H]1c2ccc(Br)cc2CCN1C(=O)OC(C)(C)C. The van der Waals surface area contributed by atoms with E-state index in [2.05, 4.69) is 66.1 Å². The number of fused-ring (bicyclic) bond motifs is 2. The number of pyridine rings is 2. The molecule has 320 valence electrons. The van der Waals surface area contributed by atoms with E-state index in [4.69, 9.17) is 18.9 Å². The summed E-state index contributed by atoms with van der Waals surface area (Å²) in [6, 6.07) is 15.4. The fraction of sp³-hybridized carbons (Fsp3) is 0.435. The first-order valence-corrected chi connectivity index (χ1v) is 21.6. The molecule has 2 aliphatic rings. The number of carbonyl (C=O) groups is 4. The average Bonchev–Trinajstić information content (AvgIpc) is 3.20. The van der Waals surface area contributed by atoms with E-state index in [1.165, 1.54) is 25.3 Å². The number of hydrogen-bond donors (Lipinski definition) is 0. The van der Waals surface area contributed by atoms with Crippen molar-refractivity contribution in [3.05, 3.63) is 127 Å². The molecule has 0 radical (unpaired) electrons. The lowest BCUT2D eigenvalue weighted by Crippen LogP contribution is -2.43. The van der Waals surface area contributed by atoms with Crippen LogP contribution in [0.25, 0.3) is 0 Å². The third-order valence-electron chi connectivity index (χ3n) is 10.2. The molecule has 2 atom stereocenters. The summed E-state index contributed by atoms with van der Waals surface area (Å²) < 4.78 is 23.2. The molecule has 0 aliphatic carbocycles. The zero-order chi connectivity index (χ0) is 43.8. The van der Waals surface area contributed by atoms with E-state index in [1.54, 1.807) is 46.7 Å². The maximum Gasteiger partial charge on any atom is 0.410 e. The van der Waals surface area contributed by atoms with Crippen LogP contribution in [0, 0.1) is 0 Å². The van der Waals surface area contributed by atoms with Gasteiger partial charge in [-0.25, -0.2) is 19.2 Å². The van der Waals surface area contributed by atoms with E-state index >= 15 is 0 Å². The lowest BCUT2D eigenvalue weighted by atomic mass is 9.89. The maximum absolute atomic E-state index is 12.9. The highest BCUT2D eigenvalue weighted by molar-refractivity contribution is 9.10. The number of benzene rings is 2. The summed E-state index contributed by atoms with van der Waals surface area (Å²) in [5.41, 5.74) is 6.13. The zero-order valence-electron chi connectivity index (χ0n) is 35.6. The predicted octanol–water partition coefficient (Wildman–Crippen LogP) is 10.2. The van der Waals surface area contributed by atoms with Gasteiger partial charge in [0.1, 0.15) is 11.2 Å². The molecule has 4 aromatic rings. The minimum absolute atomic E-state index is 0.151. The van der Waals surface area contributed by atoms with Gasteiger partial charge in [-0.1, -0.05) is 44.0 Å². The van der Waals surface area contributed by atoms with Gasteiger partial charge in [-0.05, 0) is 150 Å². The number of rotatable bonds is 8. The number of ether oxygens (including phenoxy) is 4. The molecule has 6 rings (SSSR count). The normalized spacial score (nSPS) is 16.0. The van der Waals surface area contributed by atoms with Crippen LogP contribution in [0.3, 0.4) is 0 Å². The lowest BCUT2D eigenvalue weighted by molar-refractivity contribution is 0.0122. The Morgan fingerprint density at radius 2 is 1.02 bits per heavy atom. The smallest absolute Gasteiger partial charge is 0.410 e. The van der Waals surface area contributed by atoms with Crippen LogP contribution >= 0.6 is 31.9 Å². The van der Waals surface area contributed by atoms with Crippen molar-refractivity contribution in [1.29, 1.82) is 0 Å². The van der Waals surface area contributed by atoms with Gasteiger partial charge in [0, 0.05) is 46.8 Å². The molecule has 0 saturated carbocycles. The zero-order valence-corrected chi connectivity index (χ0v) is 38.7. The standard InChI is InChI=1S/2C23H27BrN2O4/c2*1-23(2,3)30-22(28)26-12-10-15-13-17(24)6-7-18(15)20(26)8-5-16-14-25-11-9-19(16)21(27)29-4/h2*6-7,9,11,13-14,20H,5,8,10,12H2,1-4H3/t2*20-/m10/s1. The van der Waals surface area contributed by atoms with Gasteiger partial charge < -0.3 is 28.7 Å². The first-order chi connectivity index (χ1) is 28.4. The Morgan fingerprint density at radius 3 is 1.37 bits per heavy atom. The molecule has 0 N–H and O–H groups in total. The second-order valence-electron chi connectivity index (χ2n) is 16.7. The van der Waals surface area contributed by atoms with Crippen LogP contribution in [0.2, 0.25) is 0 Å². The van der Waals surface area contributed by atoms with Crippen molar-refractivity contribution >= 4 is 56.0 Å². The van der Waals surface area contributed by atoms with Gasteiger partial charge in [0.2, 0.25) is 0 Å². The number of aryl methyl sites for hydroxylation is 2. The van der Waals surface area contributed by atoms with E-state index in [9.17, 15) is 19.2 Å². The quantitative estimate of drug-likeness (QED) is 0.124. The average molecular weight is 951 g/mol. The number of amides is 2. The van der Waals surface area contributed by atoms with Crippen LogP contribution < -0.4 is 0 Å². The summed E-state index contributed by atoms with van der Waals surface area (Å²) in [5.74, 6) is -0.770. The summed E-state index contributed by atoms with van der Waals surface area (Å²) in [7, 11) is 2.73. The van der Waals surface area contributed by atoms with Crippen molar-refractivity contribution in [2.45, 2.75) is 103 Å². The number of esters is 2. The predicted molar refractivity (Wildman–Crippen MR) is 235 cm³/mol. The van der Waals surface area contributed by atoms with Gasteiger partial charge in [-0.2, -0.15) is 0 Å². The third kappa shape index (κ3) is 12.1. The number of nitrogens with zero attached hydrogens (tertiary/aromatic N) is 4. The van der Waals surface area contributed by atoms with Crippen LogP contribution in [0.1, 0.15) is 121 Å². The van der Waals surface area contributed by atoms with Crippen molar-refractivity contribution in [2.75, 3.05) is 27.3 Å². The number of methoxy groups -OCH3 is 2. The van der Waals surface area contributed by atoms with Crippen molar-refractivity contribution in [3.63, 3.8) is 0 Å². The minimum atomic E-state index is -0.566. The van der Waals surface area contributed by atoms with Crippen molar-refractivity contribution in [3.8, 4) is 0 Å². The monoisotopic (exact) mass is 948 g/mol. The number of hydrogen-bond acceptors (Lipinski definition) is 10. The molecule has 0 fully saturated rings. The Morgan fingerprint density at radius 1 is 0.633 bits per heavy atom. The number of halogens is 2. The molecule has 60 heavy (non-hydrogen) atoms. The Kier molecular flexibility index (Phi) is 15.5. The van der Waals surface area contributed by atoms with Crippen LogP contribution in [0.4, 0.5) is 9.59 Å². The molecular weight excluding hydrogens is 896 g/mol. The largest absolute Gasteiger partial charge is 0.465 e. The van der Waals surface area contributed by atoms with E-state index in [0.29, 0.717) is 49.9 Å². The van der Waals surface area contributed by atoms with E-state index in [1.807, 2.05) is 53.7 Å². The molecule has 0 spiro atoms. The van der Waals surface area contributed by atoms with Crippen molar-refractivity contribution in [2.24, 2.45) is 0 Å². The molecule has 4 heterocycles. The van der Waals surface area contributed by atoms with E-state index in [0.717, 1.165) is 44.0 Å². The molecule has 2 amide bonds. The fourth-order valence-electron chi connectivity index (χ4n) is 7.52. The van der Waals surface area contributed by atoms with Crippen LogP contribution in [0.5, 0.6) is 0 Å². The summed E-state index contributed by atoms with van der Waals surface area (Å²) in [6.07, 6.45) is 9.89. The Hall–Kier alpha value is -4.82. The van der Waals surface area contributed by atoms with E-state index < -0.39 is 11.2 Å². The molecule has 0 saturated heterocycles. The fourth-order valence-corrected chi connectivity index (χ4v) is 8.33. The van der Waals surface area contributed by atoms with Gasteiger partial charge in [0.15, 0.2) is 0 Å². The van der Waals surface area contributed by atoms with Gasteiger partial charge in [0.05, 0.1) is 37.4 Å². The van der Waals surface area contributed by atoms with Gasteiger partial charge in [-0.15, -0.1) is 0 Å². The summed E-state index contributed by atoms with van der Waals surface area (Å²) in [6.45, 7) is 12.4. The van der Waals surface area contributed by atoms with Gasteiger partial charge in [-0.3, -0.25) is 9.97 Å². The first kappa shape index (κ1) is 46.2. The number of aromatic nitrogens is 2. The molecule has 0 unspecified atom stereocenters. The third-order valence-corrected chi connectivity index (χ3v) is 11.2. The number of carbonyl (C=O) groups excluding carboxylic acids is 4. The van der Waals surface area contributed by atoms with Crippen LogP contribution in [-0.4, -0.2) is 82.4 Å². The van der Waals surface area contributed by atoms with Gasteiger partial charge in [0.25, 0.3) is 0 Å². The minimum Gasteiger partial charge on any atom is -0.465 e. The van der Waals surface area contributed by atoms with Crippen LogP contribution in [-0.2, 0) is 44.6 Å². The summed E-state index contributed by atoms with van der Waals surface area (Å²) in [5, 5.41) is 0. The van der Waals surface area contributed by atoms with Crippen molar-refractivity contribution < 1.29 is 38.1 Å². The topological polar surface area (TPSA) is 137 Å². The molecule has 2 aromatic heterocycles. The second kappa shape index (κ2) is 20.2. The Labute approximate surface area is 369 Å². The first-order valence-electron chi connectivity index (χ1n) is 20.0.